The third kappa shape index (κ3) is 9.93. The number of hydrogen-bond acceptors (Lipinski definition) is 6. The van der Waals surface area contributed by atoms with E-state index in [2.05, 4.69) is 9.47 Å². The first kappa shape index (κ1) is 17.3. The molecule has 0 spiro atoms. The summed E-state index contributed by atoms with van der Waals surface area (Å²) in [5, 5.41) is 0. The van der Waals surface area contributed by atoms with Gasteiger partial charge < -0.3 is 18.9 Å². The number of carbonyl (C=O) groups is 2. The largest absolute Gasteiger partial charge is 0.513 e. The van der Waals surface area contributed by atoms with E-state index in [1.165, 1.54) is 6.26 Å². The molecule has 0 rings (SSSR count). The Labute approximate surface area is 113 Å². The fraction of sp³-hybridized carbons (Fsp3) is 0.692. The van der Waals surface area contributed by atoms with E-state index in [1.807, 2.05) is 6.92 Å². The second kappa shape index (κ2) is 11.4. The molecule has 0 aromatic heterocycles. The lowest BCUT2D eigenvalue weighted by atomic mass is 10.1. The van der Waals surface area contributed by atoms with E-state index in [-0.39, 0.29) is 19.8 Å². The van der Waals surface area contributed by atoms with Crippen LogP contribution in [-0.2, 0) is 18.9 Å². The number of ether oxygens (including phenoxy) is 4. The van der Waals surface area contributed by atoms with Crippen molar-refractivity contribution in [1.29, 1.82) is 0 Å². The number of hydrogen-bond donors (Lipinski definition) is 0. The first-order valence-corrected chi connectivity index (χ1v) is 6.44. The van der Waals surface area contributed by atoms with Gasteiger partial charge in [-0.25, -0.2) is 9.59 Å². The zero-order valence-corrected chi connectivity index (χ0v) is 11.8. The van der Waals surface area contributed by atoms with Gasteiger partial charge in [0.1, 0.15) is 12.9 Å². The summed E-state index contributed by atoms with van der Waals surface area (Å²) >= 11 is 0. The van der Waals surface area contributed by atoms with Crippen LogP contribution in [0.1, 0.15) is 40.0 Å². The SMILES string of the molecule is CCCCC(=COC(=O)OCC)COC(=O)OCC. The van der Waals surface area contributed by atoms with Crippen LogP contribution in [0.4, 0.5) is 9.59 Å². The molecule has 0 saturated carbocycles. The summed E-state index contributed by atoms with van der Waals surface area (Å²) in [6.07, 6.45) is 2.33. The average molecular weight is 274 g/mol. The molecule has 0 bridgehead atoms. The Balaban J connectivity index is 4.24. The monoisotopic (exact) mass is 274 g/mol. The molecule has 0 aliphatic heterocycles. The Kier molecular flexibility index (Phi) is 10.3. The van der Waals surface area contributed by atoms with Crippen LogP contribution >= 0.6 is 0 Å². The lowest BCUT2D eigenvalue weighted by Gasteiger charge is -2.08. The summed E-state index contributed by atoms with van der Waals surface area (Å²) in [5.74, 6) is 0. The van der Waals surface area contributed by atoms with Gasteiger partial charge in [0.25, 0.3) is 0 Å². The molecule has 0 atom stereocenters. The van der Waals surface area contributed by atoms with Gasteiger partial charge in [-0.15, -0.1) is 0 Å². The van der Waals surface area contributed by atoms with Crippen LogP contribution in [0, 0.1) is 0 Å². The smallest absolute Gasteiger partial charge is 0.435 e. The van der Waals surface area contributed by atoms with E-state index in [9.17, 15) is 9.59 Å². The topological polar surface area (TPSA) is 71.1 Å². The summed E-state index contributed by atoms with van der Waals surface area (Å²) in [7, 11) is 0. The van der Waals surface area contributed by atoms with Gasteiger partial charge in [-0.05, 0) is 26.7 Å². The molecule has 0 aromatic rings. The quantitative estimate of drug-likeness (QED) is 0.499. The highest BCUT2D eigenvalue weighted by atomic mass is 16.7. The molecule has 6 nitrogen and oxygen atoms in total. The molecule has 0 aliphatic carbocycles. The van der Waals surface area contributed by atoms with Gasteiger partial charge in [-0.2, -0.15) is 0 Å². The Morgan fingerprint density at radius 1 is 0.947 bits per heavy atom. The van der Waals surface area contributed by atoms with Gasteiger partial charge in [-0.3, -0.25) is 0 Å². The Hall–Kier alpha value is -1.72. The van der Waals surface area contributed by atoms with Crippen molar-refractivity contribution in [2.24, 2.45) is 0 Å². The van der Waals surface area contributed by atoms with Crippen LogP contribution in [0.2, 0.25) is 0 Å². The predicted octanol–water partition coefficient (Wildman–Crippen LogP) is 3.41. The summed E-state index contributed by atoms with van der Waals surface area (Å²) < 4.78 is 18.9. The van der Waals surface area contributed by atoms with Crippen molar-refractivity contribution in [2.45, 2.75) is 40.0 Å². The summed E-state index contributed by atoms with van der Waals surface area (Å²) in [6, 6.07) is 0. The molecule has 110 valence electrons. The fourth-order valence-corrected chi connectivity index (χ4v) is 1.16. The van der Waals surface area contributed by atoms with Gasteiger partial charge >= 0.3 is 12.3 Å². The minimum atomic E-state index is -0.771. The van der Waals surface area contributed by atoms with E-state index in [0.29, 0.717) is 12.0 Å². The summed E-state index contributed by atoms with van der Waals surface area (Å²) in [5.41, 5.74) is 0.697. The van der Waals surface area contributed by atoms with E-state index in [0.717, 1.165) is 12.8 Å². The second-order valence-electron chi connectivity index (χ2n) is 3.65. The molecule has 0 N–H and O–H groups in total. The highest BCUT2D eigenvalue weighted by Gasteiger charge is 2.07. The molecule has 0 unspecified atom stereocenters. The molecule has 0 saturated heterocycles. The van der Waals surface area contributed by atoms with E-state index < -0.39 is 12.3 Å². The first-order chi connectivity index (χ1) is 9.13. The first-order valence-electron chi connectivity index (χ1n) is 6.44. The van der Waals surface area contributed by atoms with Crippen molar-refractivity contribution in [3.05, 3.63) is 11.8 Å². The molecule has 0 amide bonds. The maximum Gasteiger partial charge on any atom is 0.513 e. The van der Waals surface area contributed by atoms with Gasteiger partial charge in [-0.1, -0.05) is 13.3 Å². The second-order valence-corrected chi connectivity index (χ2v) is 3.65. The number of unbranched alkanes of at least 4 members (excludes halogenated alkanes) is 1. The lowest BCUT2D eigenvalue weighted by molar-refractivity contribution is 0.0638. The predicted molar refractivity (Wildman–Crippen MR) is 68.7 cm³/mol. The molecular weight excluding hydrogens is 252 g/mol. The Bertz CT molecular complexity index is 298. The highest BCUT2D eigenvalue weighted by molar-refractivity contribution is 5.61. The van der Waals surface area contributed by atoms with Crippen molar-refractivity contribution < 1.29 is 28.5 Å². The molecule has 0 aromatic carbocycles. The third-order valence-electron chi connectivity index (χ3n) is 2.07. The molecule has 0 radical (unpaired) electrons. The minimum Gasteiger partial charge on any atom is -0.435 e. The van der Waals surface area contributed by atoms with Gasteiger partial charge in [0.15, 0.2) is 0 Å². The van der Waals surface area contributed by atoms with Crippen LogP contribution in [0.3, 0.4) is 0 Å². The summed E-state index contributed by atoms with van der Waals surface area (Å²) in [6.45, 7) is 5.96. The maximum absolute atomic E-state index is 11.1. The maximum atomic E-state index is 11.1. The molecular formula is C13H22O6. The average Bonchev–Trinajstić information content (AvgIpc) is 2.38. The van der Waals surface area contributed by atoms with Crippen molar-refractivity contribution in [3.63, 3.8) is 0 Å². The molecule has 0 heterocycles. The van der Waals surface area contributed by atoms with E-state index >= 15 is 0 Å². The van der Waals surface area contributed by atoms with Crippen LogP contribution in [0.15, 0.2) is 11.8 Å². The third-order valence-corrected chi connectivity index (χ3v) is 2.07. The normalized spacial score (nSPS) is 10.8. The fourth-order valence-electron chi connectivity index (χ4n) is 1.16. The summed E-state index contributed by atoms with van der Waals surface area (Å²) in [4.78, 5) is 22.1. The minimum absolute atomic E-state index is 0.0399. The number of rotatable bonds is 8. The van der Waals surface area contributed by atoms with Crippen LogP contribution in [0.5, 0.6) is 0 Å². The van der Waals surface area contributed by atoms with Crippen molar-refractivity contribution in [3.8, 4) is 0 Å². The van der Waals surface area contributed by atoms with E-state index in [4.69, 9.17) is 9.47 Å². The van der Waals surface area contributed by atoms with Gasteiger partial charge in [0.05, 0.1) is 13.2 Å². The van der Waals surface area contributed by atoms with Crippen LogP contribution in [0.25, 0.3) is 0 Å². The highest BCUT2D eigenvalue weighted by Crippen LogP contribution is 2.09. The molecule has 19 heavy (non-hydrogen) atoms. The van der Waals surface area contributed by atoms with Crippen LogP contribution < -0.4 is 0 Å². The molecule has 0 fully saturated rings. The van der Waals surface area contributed by atoms with Crippen LogP contribution in [-0.4, -0.2) is 32.1 Å². The number of carbonyl (C=O) groups excluding carboxylic acids is 2. The van der Waals surface area contributed by atoms with Crippen molar-refractivity contribution >= 4 is 12.3 Å². The lowest BCUT2D eigenvalue weighted by Crippen LogP contribution is -2.10. The van der Waals surface area contributed by atoms with Gasteiger partial charge in [0.2, 0.25) is 0 Å². The molecule has 0 aliphatic rings. The van der Waals surface area contributed by atoms with Crippen molar-refractivity contribution in [1.82, 2.24) is 0 Å². The standard InChI is InChI=1S/C13H22O6/c1-4-7-8-11(9-18-12(14)16-5-2)10-19-13(15)17-6-3/h9H,4-8,10H2,1-3H3. The molecule has 6 heteroatoms. The zero-order chi connectivity index (χ0) is 14.5. The van der Waals surface area contributed by atoms with Gasteiger partial charge in [0, 0.05) is 5.57 Å². The Morgan fingerprint density at radius 2 is 1.58 bits per heavy atom. The van der Waals surface area contributed by atoms with Crippen molar-refractivity contribution in [2.75, 3.05) is 19.8 Å². The Morgan fingerprint density at radius 3 is 2.16 bits per heavy atom. The zero-order valence-electron chi connectivity index (χ0n) is 11.8. The van der Waals surface area contributed by atoms with E-state index in [1.54, 1.807) is 13.8 Å².